The largest absolute Gasteiger partial charge is 0.356 e. The number of aliphatic imine (C=N–C) groups is 1. The molecule has 114 valence electrons. The smallest absolute Gasteiger partial charge is 0.193 e. The number of benzene rings is 1. The summed E-state index contributed by atoms with van der Waals surface area (Å²) in [4.78, 5) is 6.50. The molecular formula is C15H26IN3S. The van der Waals surface area contributed by atoms with Gasteiger partial charge in [-0.05, 0) is 36.5 Å². The molecule has 0 amide bonds. The van der Waals surface area contributed by atoms with Gasteiger partial charge in [0.2, 0.25) is 0 Å². The summed E-state index contributed by atoms with van der Waals surface area (Å²) in [6.07, 6.45) is 3.30. The number of nitrogens with one attached hydrogen (secondary N) is 1. The molecular weight excluding hydrogens is 381 g/mol. The lowest BCUT2D eigenvalue weighted by Crippen LogP contribution is -2.39. The molecule has 0 atom stereocenters. The van der Waals surface area contributed by atoms with Crippen molar-refractivity contribution in [3.63, 3.8) is 0 Å². The van der Waals surface area contributed by atoms with Crippen molar-refractivity contribution in [3.8, 4) is 0 Å². The van der Waals surface area contributed by atoms with Gasteiger partial charge in [0.25, 0.3) is 0 Å². The number of rotatable bonds is 6. The Kier molecular flexibility index (Phi) is 11.0. The van der Waals surface area contributed by atoms with Crippen LogP contribution in [-0.2, 0) is 6.54 Å². The predicted molar refractivity (Wildman–Crippen MR) is 102 cm³/mol. The lowest BCUT2D eigenvalue weighted by atomic mass is 10.1. The minimum absolute atomic E-state index is 0. The summed E-state index contributed by atoms with van der Waals surface area (Å²) < 4.78 is 0. The molecule has 1 N–H and O–H groups in total. The molecule has 20 heavy (non-hydrogen) atoms. The topological polar surface area (TPSA) is 27.6 Å². The van der Waals surface area contributed by atoms with E-state index in [2.05, 4.69) is 59.7 Å². The van der Waals surface area contributed by atoms with Gasteiger partial charge in [-0.25, -0.2) is 0 Å². The Hall–Kier alpha value is -0.430. The van der Waals surface area contributed by atoms with Crippen molar-refractivity contribution in [2.45, 2.75) is 19.9 Å². The molecule has 0 aliphatic carbocycles. The highest BCUT2D eigenvalue weighted by atomic mass is 127. The standard InChI is InChI=1S/C15H25N3S.HI/c1-13-8-5-6-9-14(13)12-18(3)15(16-2)17-10-7-11-19-4;/h5-6,8-9H,7,10-12H2,1-4H3,(H,16,17);1H. The van der Waals surface area contributed by atoms with Gasteiger partial charge in [-0.2, -0.15) is 11.8 Å². The van der Waals surface area contributed by atoms with Crippen molar-refractivity contribution in [1.29, 1.82) is 0 Å². The van der Waals surface area contributed by atoms with Crippen molar-refractivity contribution in [3.05, 3.63) is 35.4 Å². The first-order valence-electron chi connectivity index (χ1n) is 6.64. The van der Waals surface area contributed by atoms with E-state index in [4.69, 9.17) is 0 Å². The average molecular weight is 407 g/mol. The van der Waals surface area contributed by atoms with Crippen LogP contribution in [0.15, 0.2) is 29.3 Å². The van der Waals surface area contributed by atoms with E-state index < -0.39 is 0 Å². The van der Waals surface area contributed by atoms with Crippen LogP contribution in [-0.4, -0.2) is 43.5 Å². The summed E-state index contributed by atoms with van der Waals surface area (Å²) in [6.45, 7) is 4.01. The van der Waals surface area contributed by atoms with Crippen LogP contribution >= 0.6 is 35.7 Å². The first-order valence-corrected chi connectivity index (χ1v) is 8.03. The number of hydrogen-bond acceptors (Lipinski definition) is 2. The van der Waals surface area contributed by atoms with Gasteiger partial charge < -0.3 is 10.2 Å². The molecule has 0 heterocycles. The summed E-state index contributed by atoms with van der Waals surface area (Å²) in [6, 6.07) is 8.49. The zero-order chi connectivity index (χ0) is 14.1. The van der Waals surface area contributed by atoms with E-state index in [9.17, 15) is 0 Å². The number of thioether (sulfide) groups is 1. The fourth-order valence-electron chi connectivity index (χ4n) is 1.92. The quantitative estimate of drug-likeness (QED) is 0.339. The van der Waals surface area contributed by atoms with Gasteiger partial charge in [0.05, 0.1) is 0 Å². The monoisotopic (exact) mass is 407 g/mol. The summed E-state index contributed by atoms with van der Waals surface area (Å²) in [5, 5.41) is 3.41. The van der Waals surface area contributed by atoms with Crippen molar-refractivity contribution >= 4 is 41.7 Å². The van der Waals surface area contributed by atoms with Gasteiger partial charge in [0.1, 0.15) is 0 Å². The molecule has 1 rings (SSSR count). The van der Waals surface area contributed by atoms with Crippen molar-refractivity contribution in [1.82, 2.24) is 10.2 Å². The second-order valence-electron chi connectivity index (χ2n) is 4.60. The van der Waals surface area contributed by atoms with E-state index >= 15 is 0 Å². The van der Waals surface area contributed by atoms with Crippen LogP contribution in [0.1, 0.15) is 17.5 Å². The van der Waals surface area contributed by atoms with Crippen molar-refractivity contribution in [2.24, 2.45) is 4.99 Å². The Morgan fingerprint density at radius 2 is 2.05 bits per heavy atom. The summed E-state index contributed by atoms with van der Waals surface area (Å²) in [5.74, 6) is 2.15. The van der Waals surface area contributed by atoms with Crippen LogP contribution in [0.25, 0.3) is 0 Å². The number of guanidine groups is 1. The van der Waals surface area contributed by atoms with E-state index in [0.29, 0.717) is 0 Å². The van der Waals surface area contributed by atoms with E-state index in [1.165, 1.54) is 23.3 Å². The highest BCUT2D eigenvalue weighted by Crippen LogP contribution is 2.09. The van der Waals surface area contributed by atoms with Gasteiger partial charge in [-0.1, -0.05) is 24.3 Å². The molecule has 1 aromatic carbocycles. The van der Waals surface area contributed by atoms with Crippen molar-refractivity contribution in [2.75, 3.05) is 32.6 Å². The van der Waals surface area contributed by atoms with Crippen LogP contribution in [0.3, 0.4) is 0 Å². The lowest BCUT2D eigenvalue weighted by Gasteiger charge is -2.23. The van der Waals surface area contributed by atoms with Gasteiger partial charge >= 0.3 is 0 Å². The molecule has 0 radical (unpaired) electrons. The molecule has 3 nitrogen and oxygen atoms in total. The summed E-state index contributed by atoms with van der Waals surface area (Å²) in [5.41, 5.74) is 2.67. The fourth-order valence-corrected chi connectivity index (χ4v) is 2.35. The minimum Gasteiger partial charge on any atom is -0.356 e. The second-order valence-corrected chi connectivity index (χ2v) is 5.59. The third-order valence-electron chi connectivity index (χ3n) is 3.05. The molecule has 0 bridgehead atoms. The minimum atomic E-state index is 0. The summed E-state index contributed by atoms with van der Waals surface area (Å²) in [7, 11) is 3.92. The zero-order valence-electron chi connectivity index (χ0n) is 12.8. The van der Waals surface area contributed by atoms with E-state index in [1.807, 2.05) is 18.8 Å². The third-order valence-corrected chi connectivity index (χ3v) is 3.75. The zero-order valence-corrected chi connectivity index (χ0v) is 16.0. The van der Waals surface area contributed by atoms with Gasteiger partial charge in [-0.3, -0.25) is 4.99 Å². The molecule has 0 aromatic heterocycles. The molecule has 0 fully saturated rings. The highest BCUT2D eigenvalue weighted by Gasteiger charge is 2.07. The van der Waals surface area contributed by atoms with Crippen LogP contribution < -0.4 is 5.32 Å². The predicted octanol–water partition coefficient (Wildman–Crippen LogP) is 3.37. The Balaban J connectivity index is 0.00000361. The summed E-state index contributed by atoms with van der Waals surface area (Å²) >= 11 is 1.88. The number of halogens is 1. The van der Waals surface area contributed by atoms with Gasteiger partial charge in [0.15, 0.2) is 5.96 Å². The normalized spacial score (nSPS) is 10.9. The SMILES string of the molecule is CN=C(NCCCSC)N(C)Cc1ccccc1C.I. The molecule has 0 spiro atoms. The number of nitrogens with zero attached hydrogens (tertiary/aromatic N) is 2. The van der Waals surface area contributed by atoms with Gasteiger partial charge in [-0.15, -0.1) is 24.0 Å². The lowest BCUT2D eigenvalue weighted by molar-refractivity contribution is 0.475. The fraction of sp³-hybridized carbons (Fsp3) is 0.533. The molecule has 0 saturated carbocycles. The first kappa shape index (κ1) is 19.6. The number of aryl methyl sites for hydroxylation is 1. The second kappa shape index (κ2) is 11.3. The van der Waals surface area contributed by atoms with Gasteiger partial charge in [0, 0.05) is 27.2 Å². The highest BCUT2D eigenvalue weighted by molar-refractivity contribution is 14.0. The third kappa shape index (κ3) is 6.83. The Morgan fingerprint density at radius 1 is 1.35 bits per heavy atom. The van der Waals surface area contributed by atoms with E-state index in [0.717, 1.165) is 19.0 Å². The van der Waals surface area contributed by atoms with Crippen LogP contribution in [0, 0.1) is 6.92 Å². The Bertz CT molecular complexity index is 410. The maximum Gasteiger partial charge on any atom is 0.193 e. The molecule has 0 unspecified atom stereocenters. The molecule has 5 heteroatoms. The molecule has 1 aromatic rings. The van der Waals surface area contributed by atoms with E-state index in [1.54, 1.807) is 0 Å². The van der Waals surface area contributed by atoms with E-state index in [-0.39, 0.29) is 24.0 Å². The molecule has 0 aliphatic heterocycles. The number of hydrogen-bond donors (Lipinski definition) is 1. The Morgan fingerprint density at radius 3 is 2.65 bits per heavy atom. The van der Waals surface area contributed by atoms with Crippen molar-refractivity contribution < 1.29 is 0 Å². The molecule has 0 aliphatic rings. The van der Waals surface area contributed by atoms with Crippen LogP contribution in [0.2, 0.25) is 0 Å². The molecule has 0 saturated heterocycles. The Labute approximate surface area is 144 Å². The van der Waals surface area contributed by atoms with Crippen LogP contribution in [0.4, 0.5) is 0 Å². The maximum atomic E-state index is 4.34. The first-order chi connectivity index (χ1) is 9.19. The maximum absolute atomic E-state index is 4.34. The van der Waals surface area contributed by atoms with Crippen LogP contribution in [0.5, 0.6) is 0 Å². The average Bonchev–Trinajstić information content (AvgIpc) is 2.41.